The standard InChI is InChI=1S/C21H20F5N3O5S2/c22-17-2-1-3-18(23)19(17)36(33,34)29-10-8-28(9-11-29)35(31,32)16-5-4-15-13-27(7-6-14(15)12-16)20(30)21(24,25)26/h1-5,12H,6-11,13H2. The molecule has 0 N–H and O–H groups in total. The quantitative estimate of drug-likeness (QED) is 0.427. The van der Waals surface area contributed by atoms with Crippen LogP contribution in [-0.4, -0.2) is 67.4 Å². The van der Waals surface area contributed by atoms with Crippen LogP contribution in [0.4, 0.5) is 22.0 Å². The van der Waals surface area contributed by atoms with Gasteiger partial charge in [0, 0.05) is 13.1 Å². The van der Waals surface area contributed by atoms with Gasteiger partial charge in [-0.25, -0.2) is 8.78 Å². The van der Waals surface area contributed by atoms with Crippen molar-refractivity contribution in [2.24, 2.45) is 0 Å². The van der Waals surface area contributed by atoms with Gasteiger partial charge in [0.15, 0.2) is 37.3 Å². The second-order valence-electron chi connectivity index (χ2n) is 8.26. The van der Waals surface area contributed by atoms with Crippen LogP contribution in [0.25, 0.3) is 0 Å². The minimum Gasteiger partial charge on any atom is -0.593 e. The first-order valence-corrected chi connectivity index (χ1v) is 13.5. The molecule has 15 heteroatoms. The molecule has 0 spiro atoms. The Bertz CT molecular complexity index is 1260. The van der Waals surface area contributed by atoms with E-state index in [0.29, 0.717) is 16.0 Å². The lowest BCUT2D eigenvalue weighted by Gasteiger charge is -2.36. The minimum atomic E-state index is -5.01. The molecule has 0 bridgehead atoms. The smallest absolute Gasteiger partial charge is 0.471 e. The first-order valence-electron chi connectivity index (χ1n) is 10.6. The predicted molar refractivity (Wildman–Crippen MR) is 115 cm³/mol. The van der Waals surface area contributed by atoms with Crippen molar-refractivity contribution in [3.63, 3.8) is 0 Å². The summed E-state index contributed by atoms with van der Waals surface area (Å²) >= 11 is 0. The number of piperazine rings is 1. The summed E-state index contributed by atoms with van der Waals surface area (Å²) in [5.74, 6) is -4.47. The van der Waals surface area contributed by atoms with Gasteiger partial charge < -0.3 is 14.0 Å². The van der Waals surface area contributed by atoms with Crippen LogP contribution in [-0.2, 0) is 47.0 Å². The summed E-state index contributed by atoms with van der Waals surface area (Å²) in [4.78, 5) is 10.9. The van der Waals surface area contributed by atoms with Gasteiger partial charge in [-0.1, -0.05) is 20.6 Å². The predicted octanol–water partition coefficient (Wildman–Crippen LogP) is 2.54. The second kappa shape index (κ2) is 9.54. The van der Waals surface area contributed by atoms with Crippen LogP contribution in [0, 0.1) is 11.6 Å². The Kier molecular flexibility index (Phi) is 7.09. The number of fused-ring (bicyclic) bond motifs is 1. The van der Waals surface area contributed by atoms with Gasteiger partial charge in [-0.15, -0.1) is 8.61 Å². The molecule has 36 heavy (non-hydrogen) atoms. The summed E-state index contributed by atoms with van der Waals surface area (Å²) in [5.41, 5.74) is 0.874. The molecular formula is C21H20F5N3O5S2. The number of carbonyl (C=O) groups excluding carboxylic acids is 1. The van der Waals surface area contributed by atoms with E-state index in [1.807, 2.05) is 0 Å². The minimum absolute atomic E-state index is 0.0285. The number of halogens is 5. The number of rotatable bonds is 4. The van der Waals surface area contributed by atoms with E-state index >= 15 is 0 Å². The SMILES string of the molecule is O=C(N1CCc2cc([S+](=O)([O-])N3CCN([S+](=O)([O-])c4c(F)cccc4F)CC3)ccc2C1)C(F)(F)F. The van der Waals surface area contributed by atoms with Gasteiger partial charge in [0.25, 0.3) is 0 Å². The van der Waals surface area contributed by atoms with E-state index in [0.717, 1.165) is 26.8 Å². The summed E-state index contributed by atoms with van der Waals surface area (Å²) in [5, 5.41) is 0. The van der Waals surface area contributed by atoms with E-state index < -0.39 is 49.4 Å². The fourth-order valence-corrected chi connectivity index (χ4v) is 7.20. The third kappa shape index (κ3) is 4.95. The second-order valence-corrected chi connectivity index (χ2v) is 12.1. The van der Waals surface area contributed by atoms with Crippen LogP contribution in [0.2, 0.25) is 0 Å². The van der Waals surface area contributed by atoms with Crippen molar-refractivity contribution < 1.29 is 44.3 Å². The first kappa shape index (κ1) is 26.8. The molecule has 2 heterocycles. The van der Waals surface area contributed by atoms with Gasteiger partial charge in [-0.2, -0.15) is 13.2 Å². The molecule has 2 unspecified atom stereocenters. The van der Waals surface area contributed by atoms with E-state index in [2.05, 4.69) is 0 Å². The maximum atomic E-state index is 14.0. The fourth-order valence-electron chi connectivity index (χ4n) is 4.20. The molecule has 1 saturated heterocycles. The van der Waals surface area contributed by atoms with Crippen LogP contribution < -0.4 is 0 Å². The highest BCUT2D eigenvalue weighted by atomic mass is 32.3. The van der Waals surface area contributed by atoms with Gasteiger partial charge in [0.2, 0.25) is 4.90 Å². The number of carbonyl (C=O) groups is 1. The van der Waals surface area contributed by atoms with E-state index in [1.54, 1.807) is 0 Å². The summed E-state index contributed by atoms with van der Waals surface area (Å²) in [6, 6.07) is 6.54. The summed E-state index contributed by atoms with van der Waals surface area (Å²) in [6.07, 6.45) is -4.98. The van der Waals surface area contributed by atoms with Crippen molar-refractivity contribution in [3.8, 4) is 0 Å². The normalized spacial score (nSPS) is 20.9. The van der Waals surface area contributed by atoms with Crippen LogP contribution in [0.3, 0.4) is 0 Å². The number of amides is 1. The van der Waals surface area contributed by atoms with Gasteiger partial charge >= 0.3 is 12.1 Å². The van der Waals surface area contributed by atoms with Crippen LogP contribution in [0.15, 0.2) is 46.2 Å². The highest BCUT2D eigenvalue weighted by Crippen LogP contribution is 2.32. The number of sulfonamides is 2. The van der Waals surface area contributed by atoms with E-state index in [4.69, 9.17) is 0 Å². The average Bonchev–Trinajstić information content (AvgIpc) is 2.82. The van der Waals surface area contributed by atoms with Crippen LogP contribution in [0.1, 0.15) is 11.1 Å². The Morgan fingerprint density at radius 2 is 1.39 bits per heavy atom. The highest BCUT2D eigenvalue weighted by Gasteiger charge is 2.44. The molecule has 2 aromatic carbocycles. The van der Waals surface area contributed by atoms with E-state index in [-0.39, 0.29) is 50.6 Å². The highest BCUT2D eigenvalue weighted by molar-refractivity contribution is 7.96. The Balaban J connectivity index is 1.47. The molecule has 2 aromatic rings. The van der Waals surface area contributed by atoms with Crippen molar-refractivity contribution in [2.75, 3.05) is 32.7 Å². The molecule has 2 atom stereocenters. The molecule has 2 aliphatic heterocycles. The Morgan fingerprint density at radius 3 is 1.94 bits per heavy atom. The number of alkyl halides is 3. The lowest BCUT2D eigenvalue weighted by Crippen LogP contribution is -2.54. The van der Waals surface area contributed by atoms with Crippen molar-refractivity contribution in [1.29, 1.82) is 0 Å². The average molecular weight is 554 g/mol. The molecule has 1 amide bonds. The molecule has 2 aliphatic rings. The lowest BCUT2D eigenvalue weighted by atomic mass is 10.00. The zero-order valence-corrected chi connectivity index (χ0v) is 20.1. The maximum absolute atomic E-state index is 14.0. The number of hydrogen-bond acceptors (Lipinski definition) is 5. The fraction of sp³-hybridized carbons (Fsp3) is 0.381. The zero-order chi connectivity index (χ0) is 26.5. The van der Waals surface area contributed by atoms with E-state index in [1.165, 1.54) is 18.2 Å². The Hall–Kier alpha value is -2.30. The third-order valence-corrected chi connectivity index (χ3v) is 9.92. The van der Waals surface area contributed by atoms with Gasteiger partial charge in [-0.3, -0.25) is 4.79 Å². The summed E-state index contributed by atoms with van der Waals surface area (Å²) in [7, 11) is -8.64. The number of benzene rings is 2. The third-order valence-electron chi connectivity index (χ3n) is 6.07. The van der Waals surface area contributed by atoms with Gasteiger partial charge in [-0.05, 0) is 41.8 Å². The van der Waals surface area contributed by atoms with Crippen LogP contribution in [0.5, 0.6) is 0 Å². The molecule has 196 valence electrons. The molecule has 0 aromatic heterocycles. The Morgan fingerprint density at radius 1 is 0.833 bits per heavy atom. The summed E-state index contributed by atoms with van der Waals surface area (Å²) in [6.45, 7) is -1.76. The molecule has 0 aliphatic carbocycles. The zero-order valence-electron chi connectivity index (χ0n) is 18.5. The molecule has 0 saturated carbocycles. The lowest BCUT2D eigenvalue weighted by molar-refractivity contribution is -0.186. The molecule has 1 fully saturated rings. The first-order chi connectivity index (χ1) is 16.7. The van der Waals surface area contributed by atoms with Crippen LogP contribution >= 0.6 is 0 Å². The monoisotopic (exact) mass is 553 g/mol. The van der Waals surface area contributed by atoms with Crippen molar-refractivity contribution in [3.05, 3.63) is 59.2 Å². The summed E-state index contributed by atoms with van der Waals surface area (Å²) < 4.78 is 120. The van der Waals surface area contributed by atoms with Crippen molar-refractivity contribution in [2.45, 2.75) is 28.9 Å². The topological polar surface area (TPSA) is 107 Å². The van der Waals surface area contributed by atoms with Crippen molar-refractivity contribution >= 4 is 26.7 Å². The van der Waals surface area contributed by atoms with Crippen molar-refractivity contribution in [1.82, 2.24) is 13.5 Å². The van der Waals surface area contributed by atoms with Gasteiger partial charge in [0.1, 0.15) is 0 Å². The maximum Gasteiger partial charge on any atom is 0.471 e. The molecule has 0 radical (unpaired) electrons. The molecule has 8 nitrogen and oxygen atoms in total. The van der Waals surface area contributed by atoms with Gasteiger partial charge in [0.05, 0.1) is 26.2 Å². The number of hydrogen-bond donors (Lipinski definition) is 0. The molecular weight excluding hydrogens is 533 g/mol. The molecule has 4 rings (SSSR count). The Labute approximate surface area is 205 Å². The largest absolute Gasteiger partial charge is 0.593 e. The number of nitrogens with zero attached hydrogens (tertiary/aromatic N) is 3. The van der Waals surface area contributed by atoms with E-state index in [9.17, 15) is 44.3 Å².